The van der Waals surface area contributed by atoms with Gasteiger partial charge in [0.2, 0.25) is 0 Å². The normalized spacial score (nSPS) is 22.8. The van der Waals surface area contributed by atoms with Crippen LogP contribution in [0.3, 0.4) is 0 Å². The number of hydrogen-bond donors (Lipinski definition) is 0. The molecular weight excluding hydrogens is 388 g/mol. The van der Waals surface area contributed by atoms with E-state index in [1.165, 1.54) is 26.7 Å². The van der Waals surface area contributed by atoms with E-state index in [9.17, 15) is 17.6 Å². The van der Waals surface area contributed by atoms with Gasteiger partial charge in [-0.3, -0.25) is 0 Å². The standard InChI is InChI=1S/C26H50F4/c1-15(2)11-12-17(5)18(6)13-14-19(7)20(8)24(28)26(30)22(10)21(9)25(29)23(27)16(3)4/h15-26H,11-14H2,1-10H3. The number of halogens is 4. The van der Waals surface area contributed by atoms with E-state index >= 15 is 0 Å². The second kappa shape index (κ2) is 14.0. The monoisotopic (exact) mass is 438 g/mol. The van der Waals surface area contributed by atoms with Crippen molar-refractivity contribution < 1.29 is 17.6 Å². The van der Waals surface area contributed by atoms with Crippen molar-refractivity contribution in [2.45, 2.75) is 120 Å². The summed E-state index contributed by atoms with van der Waals surface area (Å²) < 4.78 is 58.3. The van der Waals surface area contributed by atoms with Crippen molar-refractivity contribution in [3.05, 3.63) is 0 Å². The van der Waals surface area contributed by atoms with E-state index in [-0.39, 0.29) is 5.92 Å². The van der Waals surface area contributed by atoms with Gasteiger partial charge in [0.15, 0.2) is 0 Å². The summed E-state index contributed by atoms with van der Waals surface area (Å²) >= 11 is 0. The maximum absolute atomic E-state index is 15.0. The fraction of sp³-hybridized carbons (Fsp3) is 1.00. The van der Waals surface area contributed by atoms with Gasteiger partial charge in [-0.1, -0.05) is 94.9 Å². The fourth-order valence-corrected chi connectivity index (χ4v) is 4.09. The molecule has 0 aliphatic heterocycles. The fourth-order valence-electron chi connectivity index (χ4n) is 4.09. The van der Waals surface area contributed by atoms with Gasteiger partial charge < -0.3 is 0 Å². The molecule has 10 atom stereocenters. The van der Waals surface area contributed by atoms with Crippen LogP contribution in [-0.2, 0) is 0 Å². The van der Waals surface area contributed by atoms with Crippen LogP contribution in [0, 0.1) is 47.3 Å². The van der Waals surface area contributed by atoms with Gasteiger partial charge in [-0.2, -0.15) is 0 Å². The Morgan fingerprint density at radius 1 is 0.400 bits per heavy atom. The largest absolute Gasteiger partial charge is 0.244 e. The van der Waals surface area contributed by atoms with Gasteiger partial charge in [0.05, 0.1) is 0 Å². The SMILES string of the molecule is CC(C)CCC(C)C(C)CCC(C)C(C)C(F)C(F)C(C)C(C)C(F)C(F)C(C)C. The summed E-state index contributed by atoms with van der Waals surface area (Å²) in [7, 11) is 0. The Morgan fingerprint density at radius 3 is 1.13 bits per heavy atom. The minimum absolute atomic E-state index is 0.0475. The van der Waals surface area contributed by atoms with E-state index < -0.39 is 48.4 Å². The lowest BCUT2D eigenvalue weighted by molar-refractivity contribution is -0.000311. The molecule has 0 aromatic carbocycles. The first-order valence-corrected chi connectivity index (χ1v) is 12.3. The maximum atomic E-state index is 15.0. The molecule has 0 rings (SSSR count). The Balaban J connectivity index is 4.72. The lowest BCUT2D eigenvalue weighted by Crippen LogP contribution is -2.40. The molecular formula is C26H50F4. The Morgan fingerprint density at radius 2 is 0.733 bits per heavy atom. The summed E-state index contributed by atoms with van der Waals surface area (Å²) in [6.07, 6.45) is -2.58. The van der Waals surface area contributed by atoms with Crippen molar-refractivity contribution in [1.29, 1.82) is 0 Å². The topological polar surface area (TPSA) is 0 Å². The van der Waals surface area contributed by atoms with Gasteiger partial charge in [-0.15, -0.1) is 0 Å². The van der Waals surface area contributed by atoms with Gasteiger partial charge >= 0.3 is 0 Å². The van der Waals surface area contributed by atoms with E-state index in [0.29, 0.717) is 17.8 Å². The lowest BCUT2D eigenvalue weighted by Gasteiger charge is -2.33. The third-order valence-electron chi connectivity index (χ3n) is 7.73. The molecule has 0 nitrogen and oxygen atoms in total. The summed E-state index contributed by atoms with van der Waals surface area (Å²) in [4.78, 5) is 0. The minimum atomic E-state index is -1.78. The molecule has 4 heteroatoms. The van der Waals surface area contributed by atoms with Crippen molar-refractivity contribution in [3.8, 4) is 0 Å². The highest BCUT2D eigenvalue weighted by Gasteiger charge is 2.40. The Bertz CT molecular complexity index is 439. The summed E-state index contributed by atoms with van der Waals surface area (Å²) in [6, 6.07) is 0. The van der Waals surface area contributed by atoms with Crippen LogP contribution in [0.15, 0.2) is 0 Å². The lowest BCUT2D eigenvalue weighted by atomic mass is 9.77. The van der Waals surface area contributed by atoms with Crippen LogP contribution in [-0.4, -0.2) is 24.7 Å². The first-order valence-electron chi connectivity index (χ1n) is 12.3. The van der Waals surface area contributed by atoms with Crippen LogP contribution < -0.4 is 0 Å². The zero-order valence-electron chi connectivity index (χ0n) is 21.3. The van der Waals surface area contributed by atoms with Gasteiger partial charge in [-0.05, 0) is 47.3 Å². The molecule has 0 aliphatic carbocycles. The first-order chi connectivity index (χ1) is 13.7. The molecule has 182 valence electrons. The van der Waals surface area contributed by atoms with Crippen LogP contribution in [0.25, 0.3) is 0 Å². The quantitative estimate of drug-likeness (QED) is 0.224. The average Bonchev–Trinajstić information content (AvgIpc) is 2.71. The van der Waals surface area contributed by atoms with Crippen LogP contribution in [0.2, 0.25) is 0 Å². The third-order valence-corrected chi connectivity index (χ3v) is 7.73. The Labute approximate surface area is 185 Å². The van der Waals surface area contributed by atoms with E-state index in [4.69, 9.17) is 0 Å². The van der Waals surface area contributed by atoms with Gasteiger partial charge in [0.25, 0.3) is 0 Å². The maximum Gasteiger partial charge on any atom is 0.134 e. The highest BCUT2D eigenvalue weighted by Crippen LogP contribution is 2.35. The average molecular weight is 439 g/mol. The van der Waals surface area contributed by atoms with Crippen molar-refractivity contribution >= 4 is 0 Å². The predicted molar refractivity (Wildman–Crippen MR) is 123 cm³/mol. The van der Waals surface area contributed by atoms with Crippen LogP contribution in [0.1, 0.15) is 94.9 Å². The van der Waals surface area contributed by atoms with Gasteiger partial charge in [0, 0.05) is 0 Å². The number of hydrogen-bond acceptors (Lipinski definition) is 0. The van der Waals surface area contributed by atoms with Crippen molar-refractivity contribution in [1.82, 2.24) is 0 Å². The van der Waals surface area contributed by atoms with Crippen molar-refractivity contribution in [2.24, 2.45) is 47.3 Å². The molecule has 10 unspecified atom stereocenters. The minimum Gasteiger partial charge on any atom is -0.244 e. The molecule has 0 fully saturated rings. The summed E-state index contributed by atoms with van der Waals surface area (Å²) in [6.45, 7) is 19.0. The molecule has 0 radical (unpaired) electrons. The molecule has 0 bridgehead atoms. The second-order valence-corrected chi connectivity index (χ2v) is 11.1. The summed E-state index contributed by atoms with van der Waals surface area (Å²) in [5, 5.41) is 0. The predicted octanol–water partition coefficient (Wildman–Crippen LogP) is 9.03. The van der Waals surface area contributed by atoms with E-state index in [2.05, 4.69) is 27.7 Å². The third kappa shape index (κ3) is 9.47. The summed E-state index contributed by atoms with van der Waals surface area (Å²) in [5.74, 6) is -0.713. The van der Waals surface area contributed by atoms with Crippen molar-refractivity contribution in [3.63, 3.8) is 0 Å². The molecule has 0 aromatic heterocycles. The van der Waals surface area contributed by atoms with Crippen LogP contribution in [0.5, 0.6) is 0 Å². The Hall–Kier alpha value is -0.280. The van der Waals surface area contributed by atoms with Crippen LogP contribution >= 0.6 is 0 Å². The molecule has 0 amide bonds. The highest BCUT2D eigenvalue weighted by atomic mass is 19.2. The number of rotatable bonds is 15. The Kier molecular flexibility index (Phi) is 13.9. The highest BCUT2D eigenvalue weighted by molar-refractivity contribution is 4.87. The molecule has 0 aromatic rings. The van der Waals surface area contributed by atoms with E-state index in [0.717, 1.165) is 12.8 Å². The van der Waals surface area contributed by atoms with Gasteiger partial charge in [-0.25, -0.2) is 17.6 Å². The zero-order valence-corrected chi connectivity index (χ0v) is 21.3. The van der Waals surface area contributed by atoms with Gasteiger partial charge in [0.1, 0.15) is 24.7 Å². The first kappa shape index (κ1) is 29.7. The van der Waals surface area contributed by atoms with Crippen LogP contribution in [0.4, 0.5) is 17.6 Å². The molecule has 0 saturated carbocycles. The van der Waals surface area contributed by atoms with E-state index in [1.807, 2.05) is 6.92 Å². The molecule has 0 saturated heterocycles. The molecule has 30 heavy (non-hydrogen) atoms. The smallest absolute Gasteiger partial charge is 0.134 e. The molecule has 0 aliphatic rings. The molecule has 0 heterocycles. The molecule has 0 N–H and O–H groups in total. The second-order valence-electron chi connectivity index (χ2n) is 11.1. The summed E-state index contributed by atoms with van der Waals surface area (Å²) in [5.41, 5.74) is 0. The number of alkyl halides is 4. The molecule has 0 spiro atoms. The zero-order chi connectivity index (χ0) is 23.8. The van der Waals surface area contributed by atoms with E-state index in [1.54, 1.807) is 20.8 Å². The van der Waals surface area contributed by atoms with Crippen molar-refractivity contribution in [2.75, 3.05) is 0 Å².